The van der Waals surface area contributed by atoms with E-state index in [-0.39, 0.29) is 36.3 Å². The Morgan fingerprint density at radius 1 is 1.14 bits per heavy atom. The standard InChI is InChI=1S/C20H19FN4O3/c1-12-3-4-14(11-16(12)21)19-24-18(28-25-19)10-9-17(26)23-15-7-5-13(6-8-15)20(27)22-2/h3-8,11H,9-10H2,1-2H3,(H,22,27)(H,23,26). The van der Waals surface area contributed by atoms with Crippen LogP contribution in [0.1, 0.15) is 28.2 Å². The number of hydrogen-bond acceptors (Lipinski definition) is 5. The van der Waals surface area contributed by atoms with Gasteiger partial charge in [-0.15, -0.1) is 0 Å². The minimum atomic E-state index is -0.342. The first-order valence-electron chi connectivity index (χ1n) is 8.67. The number of carbonyl (C=O) groups is 2. The van der Waals surface area contributed by atoms with E-state index in [4.69, 9.17) is 4.52 Å². The molecule has 1 aromatic heterocycles. The molecule has 2 N–H and O–H groups in total. The maximum Gasteiger partial charge on any atom is 0.251 e. The summed E-state index contributed by atoms with van der Waals surface area (Å²) in [5.74, 6) is -0.196. The molecule has 0 saturated carbocycles. The van der Waals surface area contributed by atoms with Gasteiger partial charge in [0.05, 0.1) is 0 Å². The zero-order valence-electron chi connectivity index (χ0n) is 15.5. The fourth-order valence-electron chi connectivity index (χ4n) is 2.50. The van der Waals surface area contributed by atoms with Gasteiger partial charge in [0.1, 0.15) is 5.82 Å². The summed E-state index contributed by atoms with van der Waals surface area (Å²) in [6.07, 6.45) is 0.393. The molecule has 0 spiro atoms. The monoisotopic (exact) mass is 382 g/mol. The van der Waals surface area contributed by atoms with Gasteiger partial charge in [0.15, 0.2) is 0 Å². The van der Waals surface area contributed by atoms with Crippen molar-refractivity contribution in [3.63, 3.8) is 0 Å². The molecule has 2 aromatic carbocycles. The Hall–Kier alpha value is -3.55. The molecule has 0 aliphatic rings. The van der Waals surface area contributed by atoms with E-state index in [1.165, 1.54) is 6.07 Å². The van der Waals surface area contributed by atoms with Crippen molar-refractivity contribution in [2.24, 2.45) is 0 Å². The largest absolute Gasteiger partial charge is 0.355 e. The third-order valence-corrected chi connectivity index (χ3v) is 4.12. The smallest absolute Gasteiger partial charge is 0.251 e. The van der Waals surface area contributed by atoms with Crippen molar-refractivity contribution < 1.29 is 18.5 Å². The van der Waals surface area contributed by atoms with Crippen LogP contribution in [0.15, 0.2) is 47.0 Å². The van der Waals surface area contributed by atoms with Crippen molar-refractivity contribution in [3.05, 3.63) is 65.3 Å². The van der Waals surface area contributed by atoms with Gasteiger partial charge in [-0.3, -0.25) is 9.59 Å². The first-order valence-corrected chi connectivity index (χ1v) is 8.67. The molecule has 1 heterocycles. The minimum Gasteiger partial charge on any atom is -0.355 e. The highest BCUT2D eigenvalue weighted by molar-refractivity contribution is 5.95. The maximum absolute atomic E-state index is 13.7. The minimum absolute atomic E-state index is 0.140. The average molecular weight is 382 g/mol. The number of hydrogen-bond donors (Lipinski definition) is 2. The van der Waals surface area contributed by atoms with Crippen LogP contribution in [-0.4, -0.2) is 29.0 Å². The summed E-state index contributed by atoms with van der Waals surface area (Å²) < 4.78 is 18.8. The van der Waals surface area contributed by atoms with Gasteiger partial charge in [-0.05, 0) is 42.8 Å². The molecule has 0 unspecified atom stereocenters. The molecule has 2 amide bonds. The molecule has 3 rings (SSSR count). The van der Waals surface area contributed by atoms with Crippen molar-refractivity contribution in [1.82, 2.24) is 15.5 Å². The Balaban J connectivity index is 1.55. The zero-order chi connectivity index (χ0) is 20.1. The predicted octanol–water partition coefficient (Wildman–Crippen LogP) is 3.12. The molecule has 0 radical (unpaired) electrons. The average Bonchev–Trinajstić information content (AvgIpc) is 3.17. The summed E-state index contributed by atoms with van der Waals surface area (Å²) >= 11 is 0. The molecule has 3 aromatic rings. The molecule has 144 valence electrons. The molecule has 28 heavy (non-hydrogen) atoms. The molecular weight excluding hydrogens is 363 g/mol. The number of nitrogens with zero attached hydrogens (tertiary/aromatic N) is 2. The van der Waals surface area contributed by atoms with Gasteiger partial charge >= 0.3 is 0 Å². The fourth-order valence-corrected chi connectivity index (χ4v) is 2.50. The highest BCUT2D eigenvalue weighted by atomic mass is 19.1. The first kappa shape index (κ1) is 19.2. The predicted molar refractivity (Wildman–Crippen MR) is 101 cm³/mol. The van der Waals surface area contributed by atoms with Gasteiger partial charge in [0.25, 0.3) is 5.91 Å². The summed E-state index contributed by atoms with van der Waals surface area (Å²) in [6, 6.07) is 11.3. The molecule has 8 heteroatoms. The molecule has 0 fully saturated rings. The van der Waals surface area contributed by atoms with E-state index in [9.17, 15) is 14.0 Å². The molecule has 0 aliphatic heterocycles. The quantitative estimate of drug-likeness (QED) is 0.683. The topological polar surface area (TPSA) is 97.1 Å². The molecule has 0 aliphatic carbocycles. The molecule has 0 atom stereocenters. The lowest BCUT2D eigenvalue weighted by Crippen LogP contribution is -2.18. The second-order valence-corrected chi connectivity index (χ2v) is 6.18. The molecule has 0 saturated heterocycles. The Kier molecular flexibility index (Phi) is 5.78. The first-order chi connectivity index (χ1) is 13.5. The van der Waals surface area contributed by atoms with Gasteiger partial charge in [-0.2, -0.15) is 4.98 Å². The number of nitrogens with one attached hydrogen (secondary N) is 2. The Morgan fingerprint density at radius 2 is 1.89 bits per heavy atom. The summed E-state index contributed by atoms with van der Waals surface area (Å²) in [5, 5.41) is 9.10. The van der Waals surface area contributed by atoms with Gasteiger partial charge in [0, 0.05) is 36.7 Å². The van der Waals surface area contributed by atoms with E-state index in [0.29, 0.717) is 28.3 Å². The van der Waals surface area contributed by atoms with Gasteiger partial charge in [0.2, 0.25) is 17.6 Å². The van der Waals surface area contributed by atoms with Gasteiger partial charge < -0.3 is 15.2 Å². The number of aromatic nitrogens is 2. The Morgan fingerprint density at radius 3 is 2.57 bits per heavy atom. The van der Waals surface area contributed by atoms with E-state index < -0.39 is 0 Å². The van der Waals surface area contributed by atoms with Crippen molar-refractivity contribution in [3.8, 4) is 11.4 Å². The molecule has 0 bridgehead atoms. The van der Waals surface area contributed by atoms with Crippen LogP contribution in [0.5, 0.6) is 0 Å². The molecule has 7 nitrogen and oxygen atoms in total. The second kappa shape index (κ2) is 8.43. The van der Waals surface area contributed by atoms with Gasteiger partial charge in [-0.25, -0.2) is 4.39 Å². The van der Waals surface area contributed by atoms with E-state index in [0.717, 1.165) is 0 Å². The van der Waals surface area contributed by atoms with E-state index in [1.807, 2.05) is 0 Å². The number of halogens is 1. The number of aryl methyl sites for hydroxylation is 2. The number of amides is 2. The summed E-state index contributed by atoms with van der Waals surface area (Å²) in [6.45, 7) is 1.67. The fraction of sp³-hybridized carbons (Fsp3) is 0.200. The van der Waals surface area contributed by atoms with Crippen LogP contribution in [0.25, 0.3) is 11.4 Å². The zero-order valence-corrected chi connectivity index (χ0v) is 15.5. The third-order valence-electron chi connectivity index (χ3n) is 4.12. The third kappa shape index (κ3) is 4.59. The number of anilines is 1. The maximum atomic E-state index is 13.7. The van der Waals surface area contributed by atoms with Crippen molar-refractivity contribution >= 4 is 17.5 Å². The summed E-state index contributed by atoms with van der Waals surface area (Å²) in [5.41, 5.74) is 2.14. The lowest BCUT2D eigenvalue weighted by molar-refractivity contribution is -0.116. The van der Waals surface area contributed by atoms with Crippen molar-refractivity contribution in [1.29, 1.82) is 0 Å². The normalized spacial score (nSPS) is 10.5. The van der Waals surface area contributed by atoms with Crippen molar-refractivity contribution in [2.45, 2.75) is 19.8 Å². The number of rotatable bonds is 6. The van der Waals surface area contributed by atoms with Crippen LogP contribution in [0.4, 0.5) is 10.1 Å². The van der Waals surface area contributed by atoms with Crippen LogP contribution in [0.2, 0.25) is 0 Å². The lowest BCUT2D eigenvalue weighted by atomic mass is 10.1. The van der Waals surface area contributed by atoms with E-state index in [1.54, 1.807) is 50.4 Å². The highest BCUT2D eigenvalue weighted by Crippen LogP contribution is 2.19. The second-order valence-electron chi connectivity index (χ2n) is 6.18. The van der Waals surface area contributed by atoms with E-state index >= 15 is 0 Å². The number of carbonyl (C=O) groups excluding carboxylic acids is 2. The van der Waals surface area contributed by atoms with Crippen molar-refractivity contribution in [2.75, 3.05) is 12.4 Å². The molecular formula is C20H19FN4O3. The summed E-state index contributed by atoms with van der Waals surface area (Å²) in [4.78, 5) is 27.8. The number of benzene rings is 2. The van der Waals surface area contributed by atoms with Crippen LogP contribution < -0.4 is 10.6 Å². The van der Waals surface area contributed by atoms with Crippen LogP contribution >= 0.6 is 0 Å². The highest BCUT2D eigenvalue weighted by Gasteiger charge is 2.12. The lowest BCUT2D eigenvalue weighted by Gasteiger charge is -2.05. The Labute approximate surface area is 161 Å². The van der Waals surface area contributed by atoms with Crippen LogP contribution in [-0.2, 0) is 11.2 Å². The summed E-state index contributed by atoms with van der Waals surface area (Å²) in [7, 11) is 1.55. The van der Waals surface area contributed by atoms with Crippen LogP contribution in [0, 0.1) is 12.7 Å². The SMILES string of the molecule is CNC(=O)c1ccc(NC(=O)CCc2nc(-c3ccc(C)c(F)c3)no2)cc1. The van der Waals surface area contributed by atoms with Gasteiger partial charge in [-0.1, -0.05) is 17.3 Å². The Bertz CT molecular complexity index is 999. The van der Waals surface area contributed by atoms with Crippen LogP contribution in [0.3, 0.4) is 0 Å². The van der Waals surface area contributed by atoms with E-state index in [2.05, 4.69) is 20.8 Å².